The van der Waals surface area contributed by atoms with Gasteiger partial charge in [-0.3, -0.25) is 4.79 Å². The summed E-state index contributed by atoms with van der Waals surface area (Å²) < 4.78 is 10.9. The number of anilines is 1. The summed E-state index contributed by atoms with van der Waals surface area (Å²) in [6.07, 6.45) is 1.65. The molecule has 4 rings (SSSR count). The fourth-order valence-electron chi connectivity index (χ4n) is 3.10. The highest BCUT2D eigenvalue weighted by atomic mass is 16.5. The lowest BCUT2D eigenvalue weighted by Crippen LogP contribution is -2.13. The number of nitrogens with zero attached hydrogens (tertiary/aromatic N) is 1. The molecule has 0 saturated heterocycles. The Hall–Kier alpha value is -4.19. The van der Waals surface area contributed by atoms with Crippen LogP contribution in [0.25, 0.3) is 22.8 Å². The predicted molar refractivity (Wildman–Crippen MR) is 118 cm³/mol. The first kappa shape index (κ1) is 20.1. The quantitative estimate of drug-likeness (QED) is 0.427. The van der Waals surface area contributed by atoms with Gasteiger partial charge in [0.05, 0.1) is 23.9 Å². The molecule has 3 aromatic carbocycles. The Labute approximate surface area is 179 Å². The second-order valence-corrected chi connectivity index (χ2v) is 6.69. The van der Waals surface area contributed by atoms with Crippen molar-refractivity contribution in [3.63, 3.8) is 0 Å². The Morgan fingerprint density at radius 1 is 0.935 bits per heavy atom. The number of carbonyl (C=O) groups excluding carboxylic acids is 2. The highest BCUT2D eigenvalue weighted by Crippen LogP contribution is 2.28. The molecule has 6 heteroatoms. The fourth-order valence-corrected chi connectivity index (χ4v) is 3.10. The summed E-state index contributed by atoms with van der Waals surface area (Å²) in [6.45, 7) is 2.06. The Bertz CT molecular complexity index is 1200. The van der Waals surface area contributed by atoms with E-state index in [9.17, 15) is 9.59 Å². The van der Waals surface area contributed by atoms with Gasteiger partial charge in [0, 0.05) is 16.8 Å². The van der Waals surface area contributed by atoms with Crippen LogP contribution in [0.2, 0.25) is 0 Å². The van der Waals surface area contributed by atoms with E-state index < -0.39 is 5.97 Å². The number of ether oxygens (including phenoxy) is 1. The number of benzene rings is 3. The van der Waals surface area contributed by atoms with Crippen molar-refractivity contribution in [1.29, 1.82) is 0 Å². The van der Waals surface area contributed by atoms with Crippen molar-refractivity contribution >= 4 is 17.6 Å². The van der Waals surface area contributed by atoms with Gasteiger partial charge in [-0.15, -0.1) is 0 Å². The van der Waals surface area contributed by atoms with Crippen molar-refractivity contribution in [3.8, 4) is 22.8 Å². The van der Waals surface area contributed by atoms with Crippen LogP contribution in [0.15, 0.2) is 89.5 Å². The number of hydrogen-bond donors (Lipinski definition) is 1. The van der Waals surface area contributed by atoms with E-state index in [0.717, 1.165) is 5.56 Å². The molecule has 154 valence electrons. The van der Waals surface area contributed by atoms with E-state index in [0.29, 0.717) is 40.6 Å². The van der Waals surface area contributed by atoms with Gasteiger partial charge in [-0.2, -0.15) is 0 Å². The third kappa shape index (κ3) is 4.53. The van der Waals surface area contributed by atoms with Gasteiger partial charge >= 0.3 is 5.97 Å². The predicted octanol–water partition coefficient (Wildman–Crippen LogP) is 5.44. The summed E-state index contributed by atoms with van der Waals surface area (Å²) in [7, 11) is 0. The van der Waals surface area contributed by atoms with Gasteiger partial charge in [0.2, 0.25) is 5.89 Å². The Morgan fingerprint density at radius 3 is 2.39 bits per heavy atom. The van der Waals surface area contributed by atoms with Crippen LogP contribution in [-0.4, -0.2) is 23.5 Å². The minimum absolute atomic E-state index is 0.306. The van der Waals surface area contributed by atoms with Crippen molar-refractivity contribution in [3.05, 3.63) is 96.2 Å². The highest BCUT2D eigenvalue weighted by molar-refractivity contribution is 6.08. The maximum atomic E-state index is 12.9. The number of carbonyl (C=O) groups is 2. The monoisotopic (exact) mass is 412 g/mol. The topological polar surface area (TPSA) is 81.4 Å². The summed E-state index contributed by atoms with van der Waals surface area (Å²) in [6, 6.07) is 23.3. The molecule has 0 spiro atoms. The standard InChI is InChI=1S/C25H20N2O4/c1-2-30-25(29)18-12-14-19(15-13-18)27-23(28)20-10-6-7-11-21(20)24-26-16-22(31-24)17-8-4-3-5-9-17/h3-16H,2H2,1H3,(H,27,28). The molecule has 0 atom stereocenters. The van der Waals surface area contributed by atoms with Crippen LogP contribution in [0.4, 0.5) is 5.69 Å². The molecule has 0 radical (unpaired) electrons. The van der Waals surface area contributed by atoms with Gasteiger partial charge in [0.25, 0.3) is 5.91 Å². The molecule has 0 aliphatic carbocycles. The van der Waals surface area contributed by atoms with Gasteiger partial charge in [0.1, 0.15) is 0 Å². The van der Waals surface area contributed by atoms with Crippen LogP contribution in [0.1, 0.15) is 27.6 Å². The number of rotatable bonds is 6. The first-order valence-corrected chi connectivity index (χ1v) is 9.85. The van der Waals surface area contributed by atoms with Crippen molar-refractivity contribution in [2.75, 3.05) is 11.9 Å². The second-order valence-electron chi connectivity index (χ2n) is 6.69. The number of aromatic nitrogens is 1. The van der Waals surface area contributed by atoms with E-state index in [2.05, 4.69) is 10.3 Å². The minimum Gasteiger partial charge on any atom is -0.462 e. The largest absolute Gasteiger partial charge is 0.462 e. The molecular weight excluding hydrogens is 392 g/mol. The van der Waals surface area contributed by atoms with Crippen LogP contribution in [0.3, 0.4) is 0 Å². The molecule has 0 fully saturated rings. The first-order valence-electron chi connectivity index (χ1n) is 9.85. The molecule has 0 saturated carbocycles. The molecule has 6 nitrogen and oxygen atoms in total. The average molecular weight is 412 g/mol. The maximum Gasteiger partial charge on any atom is 0.338 e. The Balaban J connectivity index is 1.55. The molecule has 0 bridgehead atoms. The molecular formula is C25H20N2O4. The SMILES string of the molecule is CCOC(=O)c1ccc(NC(=O)c2ccccc2-c2ncc(-c3ccccc3)o2)cc1. The van der Waals surface area contributed by atoms with E-state index >= 15 is 0 Å². The zero-order valence-corrected chi connectivity index (χ0v) is 16.9. The third-order valence-electron chi connectivity index (χ3n) is 4.62. The second kappa shape index (κ2) is 9.09. The van der Waals surface area contributed by atoms with Gasteiger partial charge in [-0.1, -0.05) is 42.5 Å². The summed E-state index contributed by atoms with van der Waals surface area (Å²) in [5.41, 5.74) is 2.91. The molecule has 1 N–H and O–H groups in total. The molecule has 1 aromatic heterocycles. The van der Waals surface area contributed by atoms with Crippen LogP contribution in [0.5, 0.6) is 0 Å². The summed E-state index contributed by atoms with van der Waals surface area (Å²) in [5, 5.41) is 2.84. The lowest BCUT2D eigenvalue weighted by molar-refractivity contribution is 0.0526. The zero-order valence-electron chi connectivity index (χ0n) is 16.9. The van der Waals surface area contributed by atoms with E-state index in [1.54, 1.807) is 55.6 Å². The van der Waals surface area contributed by atoms with Gasteiger partial charge in [-0.25, -0.2) is 9.78 Å². The van der Waals surface area contributed by atoms with Crippen molar-refractivity contribution in [2.24, 2.45) is 0 Å². The molecule has 1 amide bonds. The molecule has 0 aliphatic heterocycles. The van der Waals surface area contributed by atoms with Crippen LogP contribution in [-0.2, 0) is 4.74 Å². The number of hydrogen-bond acceptors (Lipinski definition) is 5. The Kier molecular flexibility index (Phi) is 5.89. The van der Waals surface area contributed by atoms with E-state index in [1.165, 1.54) is 0 Å². The minimum atomic E-state index is -0.399. The molecule has 0 unspecified atom stereocenters. The lowest BCUT2D eigenvalue weighted by Gasteiger charge is -2.09. The number of esters is 1. The zero-order chi connectivity index (χ0) is 21.6. The number of amides is 1. The summed E-state index contributed by atoms with van der Waals surface area (Å²) in [5.74, 6) is 0.283. The highest BCUT2D eigenvalue weighted by Gasteiger charge is 2.17. The van der Waals surface area contributed by atoms with E-state index in [1.807, 2.05) is 36.4 Å². The number of oxazole rings is 1. The molecule has 4 aromatic rings. The molecule has 31 heavy (non-hydrogen) atoms. The first-order chi connectivity index (χ1) is 15.2. The lowest BCUT2D eigenvalue weighted by atomic mass is 10.1. The van der Waals surface area contributed by atoms with Crippen LogP contribution in [0, 0.1) is 0 Å². The van der Waals surface area contributed by atoms with E-state index in [4.69, 9.17) is 9.15 Å². The average Bonchev–Trinajstić information content (AvgIpc) is 3.30. The normalized spacial score (nSPS) is 10.5. The van der Waals surface area contributed by atoms with E-state index in [-0.39, 0.29) is 5.91 Å². The maximum absolute atomic E-state index is 12.9. The fraction of sp³-hybridized carbons (Fsp3) is 0.0800. The smallest absolute Gasteiger partial charge is 0.338 e. The number of nitrogens with one attached hydrogen (secondary N) is 1. The van der Waals surface area contributed by atoms with Crippen LogP contribution >= 0.6 is 0 Å². The molecule has 1 heterocycles. The van der Waals surface area contributed by atoms with Crippen LogP contribution < -0.4 is 5.32 Å². The van der Waals surface area contributed by atoms with Gasteiger partial charge in [-0.05, 0) is 43.3 Å². The third-order valence-corrected chi connectivity index (χ3v) is 4.62. The van der Waals surface area contributed by atoms with Crippen molar-refractivity contribution in [2.45, 2.75) is 6.92 Å². The summed E-state index contributed by atoms with van der Waals surface area (Å²) >= 11 is 0. The molecule has 0 aliphatic rings. The van der Waals surface area contributed by atoms with Gasteiger partial charge in [0.15, 0.2) is 5.76 Å². The van der Waals surface area contributed by atoms with Crippen molar-refractivity contribution < 1.29 is 18.7 Å². The van der Waals surface area contributed by atoms with Gasteiger partial charge < -0.3 is 14.5 Å². The summed E-state index contributed by atoms with van der Waals surface area (Å²) in [4.78, 5) is 29.1. The van der Waals surface area contributed by atoms with Crippen molar-refractivity contribution in [1.82, 2.24) is 4.98 Å². The Morgan fingerprint density at radius 2 is 1.65 bits per heavy atom.